The lowest BCUT2D eigenvalue weighted by Gasteiger charge is -2.56. The predicted octanol–water partition coefficient (Wildman–Crippen LogP) is 3.99. The van der Waals surface area contributed by atoms with Gasteiger partial charge in [-0.15, -0.1) is 11.3 Å². The van der Waals surface area contributed by atoms with Crippen molar-refractivity contribution in [2.24, 2.45) is 23.5 Å². The van der Waals surface area contributed by atoms with Gasteiger partial charge >= 0.3 is 0 Å². The summed E-state index contributed by atoms with van der Waals surface area (Å²) >= 11 is 2.08. The third kappa shape index (κ3) is 1.89. The molecule has 0 saturated heterocycles. The summed E-state index contributed by atoms with van der Waals surface area (Å²) in [5.41, 5.74) is 7.88. The highest BCUT2D eigenvalue weighted by molar-refractivity contribution is 7.12. The molecular weight excluding hydrogens is 276 g/mol. The van der Waals surface area contributed by atoms with Gasteiger partial charge in [-0.05, 0) is 75.5 Å². The van der Waals surface area contributed by atoms with Crippen LogP contribution in [0.4, 0.5) is 0 Å². The normalized spacial score (nSPS) is 44.0. The lowest BCUT2D eigenvalue weighted by Crippen LogP contribution is -2.48. The number of aryl methyl sites for hydroxylation is 1. The Hall–Kier alpha value is -0.410. The molecular formula is C18H26N2S. The summed E-state index contributed by atoms with van der Waals surface area (Å²) in [5, 5.41) is 1.52. The summed E-state index contributed by atoms with van der Waals surface area (Å²) in [6.07, 6.45) is 12.7. The van der Waals surface area contributed by atoms with E-state index in [0.29, 0.717) is 11.3 Å². The molecule has 1 aromatic heterocycles. The first-order valence-corrected chi connectivity index (χ1v) is 9.77. The molecule has 3 heteroatoms. The van der Waals surface area contributed by atoms with Crippen LogP contribution in [0.15, 0.2) is 0 Å². The lowest BCUT2D eigenvalue weighted by molar-refractivity contribution is -0.00535. The second kappa shape index (κ2) is 4.55. The van der Waals surface area contributed by atoms with Crippen LogP contribution in [0, 0.1) is 17.8 Å². The highest BCUT2D eigenvalue weighted by Crippen LogP contribution is 2.61. The number of aromatic nitrogens is 1. The molecule has 0 aromatic carbocycles. The summed E-state index contributed by atoms with van der Waals surface area (Å²) in [4.78, 5) is 6.82. The number of fused-ring (bicyclic) bond motifs is 1. The summed E-state index contributed by atoms with van der Waals surface area (Å²) < 4.78 is 0. The number of nitrogens with two attached hydrogens (primary N) is 1. The second-order valence-electron chi connectivity index (χ2n) is 8.35. The molecule has 6 rings (SSSR count). The van der Waals surface area contributed by atoms with E-state index in [9.17, 15) is 0 Å². The zero-order valence-electron chi connectivity index (χ0n) is 12.8. The minimum Gasteiger partial charge on any atom is -0.330 e. The van der Waals surface area contributed by atoms with Gasteiger partial charge in [-0.2, -0.15) is 0 Å². The SMILES string of the molecule is NCC1CCCc2sc(C34CC5CC(CC(C5)C3)C4)nc21. The molecule has 114 valence electrons. The molecule has 2 nitrogen and oxygen atoms in total. The smallest absolute Gasteiger partial charge is 0.0993 e. The molecule has 0 spiro atoms. The van der Waals surface area contributed by atoms with E-state index in [-0.39, 0.29) is 0 Å². The molecule has 1 atom stereocenters. The molecule has 4 fully saturated rings. The van der Waals surface area contributed by atoms with Gasteiger partial charge in [0.2, 0.25) is 0 Å². The average molecular weight is 302 g/mol. The largest absolute Gasteiger partial charge is 0.330 e. The molecule has 4 saturated carbocycles. The van der Waals surface area contributed by atoms with Crippen LogP contribution in [-0.4, -0.2) is 11.5 Å². The minimum absolute atomic E-state index is 0.482. The molecule has 5 aliphatic rings. The van der Waals surface area contributed by atoms with Gasteiger partial charge in [-0.25, -0.2) is 4.98 Å². The Morgan fingerprint density at radius 1 is 1.10 bits per heavy atom. The van der Waals surface area contributed by atoms with Crippen LogP contribution in [0.2, 0.25) is 0 Å². The summed E-state index contributed by atoms with van der Waals surface area (Å²) in [6.45, 7) is 0.789. The Balaban J connectivity index is 1.54. The fourth-order valence-electron chi connectivity index (χ4n) is 6.34. The Bertz CT molecular complexity index is 526. The second-order valence-corrected chi connectivity index (χ2v) is 9.43. The van der Waals surface area contributed by atoms with Gasteiger partial charge in [-0.3, -0.25) is 0 Å². The molecule has 2 N–H and O–H groups in total. The van der Waals surface area contributed by atoms with Gasteiger partial charge in [0.05, 0.1) is 10.7 Å². The monoisotopic (exact) mass is 302 g/mol. The molecule has 1 heterocycles. The first-order chi connectivity index (χ1) is 10.3. The van der Waals surface area contributed by atoms with Crippen molar-refractivity contribution >= 4 is 11.3 Å². The first-order valence-electron chi connectivity index (χ1n) is 8.96. The van der Waals surface area contributed by atoms with Gasteiger partial charge < -0.3 is 5.73 Å². The average Bonchev–Trinajstić information content (AvgIpc) is 2.90. The van der Waals surface area contributed by atoms with E-state index in [1.807, 2.05) is 0 Å². The highest BCUT2D eigenvalue weighted by Gasteiger charge is 2.53. The topological polar surface area (TPSA) is 38.9 Å². The number of thiazole rings is 1. The molecule has 0 radical (unpaired) electrons. The van der Waals surface area contributed by atoms with Gasteiger partial charge in [0.25, 0.3) is 0 Å². The van der Waals surface area contributed by atoms with Crippen LogP contribution in [0.1, 0.15) is 72.9 Å². The Labute approximate surface area is 131 Å². The quantitative estimate of drug-likeness (QED) is 0.897. The molecule has 4 bridgehead atoms. The number of nitrogens with zero attached hydrogens (tertiary/aromatic N) is 1. The van der Waals surface area contributed by atoms with Crippen molar-refractivity contribution in [3.63, 3.8) is 0 Å². The third-order valence-corrected chi connectivity index (χ3v) is 8.22. The number of hydrogen-bond acceptors (Lipinski definition) is 3. The highest BCUT2D eigenvalue weighted by atomic mass is 32.1. The minimum atomic E-state index is 0.482. The fourth-order valence-corrected chi connectivity index (χ4v) is 7.74. The van der Waals surface area contributed by atoms with Gasteiger partial charge in [0.15, 0.2) is 0 Å². The van der Waals surface area contributed by atoms with Crippen LogP contribution in [0.25, 0.3) is 0 Å². The Morgan fingerprint density at radius 3 is 2.38 bits per heavy atom. The van der Waals surface area contributed by atoms with E-state index < -0.39 is 0 Å². The first kappa shape index (κ1) is 13.1. The van der Waals surface area contributed by atoms with E-state index in [1.54, 1.807) is 4.88 Å². The van der Waals surface area contributed by atoms with Crippen molar-refractivity contribution in [1.29, 1.82) is 0 Å². The van der Waals surface area contributed by atoms with Gasteiger partial charge in [-0.1, -0.05) is 0 Å². The molecule has 0 amide bonds. The molecule has 5 aliphatic carbocycles. The van der Waals surface area contributed by atoms with Gasteiger partial charge in [0.1, 0.15) is 0 Å². The van der Waals surface area contributed by atoms with E-state index in [1.165, 1.54) is 68.5 Å². The van der Waals surface area contributed by atoms with Crippen molar-refractivity contribution in [1.82, 2.24) is 4.98 Å². The molecule has 1 unspecified atom stereocenters. The predicted molar refractivity (Wildman–Crippen MR) is 86.7 cm³/mol. The fraction of sp³-hybridized carbons (Fsp3) is 0.833. The zero-order chi connectivity index (χ0) is 14.0. The third-order valence-electron chi connectivity index (χ3n) is 6.85. The lowest BCUT2D eigenvalue weighted by atomic mass is 9.50. The maximum Gasteiger partial charge on any atom is 0.0993 e. The van der Waals surface area contributed by atoms with Crippen molar-refractivity contribution < 1.29 is 0 Å². The summed E-state index contributed by atoms with van der Waals surface area (Å²) in [5.74, 6) is 3.60. The zero-order valence-corrected chi connectivity index (χ0v) is 13.6. The summed E-state index contributed by atoms with van der Waals surface area (Å²) in [7, 11) is 0. The van der Waals surface area contributed by atoms with Crippen molar-refractivity contribution in [3.05, 3.63) is 15.6 Å². The van der Waals surface area contributed by atoms with Crippen LogP contribution in [0.3, 0.4) is 0 Å². The summed E-state index contributed by atoms with van der Waals surface area (Å²) in [6, 6.07) is 0. The van der Waals surface area contributed by atoms with Crippen LogP contribution < -0.4 is 5.73 Å². The molecule has 1 aromatic rings. The van der Waals surface area contributed by atoms with Crippen molar-refractivity contribution in [2.75, 3.05) is 6.54 Å². The van der Waals surface area contributed by atoms with Crippen LogP contribution in [0.5, 0.6) is 0 Å². The molecule has 0 aliphatic heterocycles. The van der Waals surface area contributed by atoms with E-state index in [2.05, 4.69) is 11.3 Å². The van der Waals surface area contributed by atoms with Crippen LogP contribution >= 0.6 is 11.3 Å². The van der Waals surface area contributed by atoms with E-state index in [0.717, 1.165) is 24.3 Å². The maximum absolute atomic E-state index is 6.00. The van der Waals surface area contributed by atoms with Crippen molar-refractivity contribution in [3.8, 4) is 0 Å². The number of rotatable bonds is 2. The molecule has 21 heavy (non-hydrogen) atoms. The van der Waals surface area contributed by atoms with E-state index >= 15 is 0 Å². The maximum atomic E-state index is 6.00. The van der Waals surface area contributed by atoms with Crippen LogP contribution in [-0.2, 0) is 11.8 Å². The Kier molecular flexibility index (Phi) is 2.83. The standard InChI is InChI=1S/C18H26N2S/c19-10-14-2-1-3-15-16(14)20-17(21-15)18-7-11-4-12(8-18)6-13(5-11)9-18/h11-14H,1-10,19H2. The Morgan fingerprint density at radius 2 is 1.76 bits per heavy atom. The number of hydrogen-bond donors (Lipinski definition) is 1. The van der Waals surface area contributed by atoms with E-state index in [4.69, 9.17) is 10.7 Å². The van der Waals surface area contributed by atoms with Gasteiger partial charge in [0, 0.05) is 22.8 Å². The van der Waals surface area contributed by atoms with Crippen molar-refractivity contribution in [2.45, 2.75) is 69.1 Å².